The van der Waals surface area contributed by atoms with Gasteiger partial charge in [-0.05, 0) is 25.0 Å². The second-order valence-electron chi connectivity index (χ2n) is 2.87. The van der Waals surface area contributed by atoms with Crippen molar-refractivity contribution in [3.63, 3.8) is 0 Å². The summed E-state index contributed by atoms with van der Waals surface area (Å²) in [6, 6.07) is 0.222. The highest BCUT2D eigenvalue weighted by molar-refractivity contribution is 7.99. The van der Waals surface area contributed by atoms with Crippen molar-refractivity contribution < 1.29 is 5.11 Å². The number of aliphatic hydroxyl groups excluding tert-OH is 1. The molecule has 1 saturated carbocycles. The van der Waals surface area contributed by atoms with Crippen molar-refractivity contribution >= 4 is 11.8 Å². The number of hydrogen-bond acceptors (Lipinski definition) is 3. The molecule has 10 heavy (non-hydrogen) atoms. The molecule has 0 aliphatic heterocycles. The van der Waals surface area contributed by atoms with E-state index in [1.165, 1.54) is 12.8 Å². The molecule has 2 atom stereocenters. The molecule has 1 fully saturated rings. The van der Waals surface area contributed by atoms with Crippen molar-refractivity contribution in [3.05, 3.63) is 0 Å². The van der Waals surface area contributed by atoms with E-state index in [1.54, 1.807) is 11.8 Å². The second kappa shape index (κ2) is 3.60. The van der Waals surface area contributed by atoms with E-state index >= 15 is 0 Å². The van der Waals surface area contributed by atoms with E-state index in [2.05, 4.69) is 0 Å². The third-order valence-electron chi connectivity index (χ3n) is 2.08. The molecule has 0 aromatic heterocycles. The van der Waals surface area contributed by atoms with Gasteiger partial charge in [0.2, 0.25) is 0 Å². The van der Waals surface area contributed by atoms with Gasteiger partial charge in [0.05, 0.1) is 6.61 Å². The normalized spacial score (nSPS) is 24.3. The Kier molecular flexibility index (Phi) is 3.01. The lowest BCUT2D eigenvalue weighted by molar-refractivity contribution is 0.277. The van der Waals surface area contributed by atoms with Crippen molar-refractivity contribution in [3.8, 4) is 0 Å². The van der Waals surface area contributed by atoms with Gasteiger partial charge >= 0.3 is 0 Å². The van der Waals surface area contributed by atoms with Gasteiger partial charge in [0.25, 0.3) is 0 Å². The van der Waals surface area contributed by atoms with E-state index in [0.717, 1.165) is 0 Å². The number of aliphatic hydroxyl groups is 1. The molecule has 0 aromatic carbocycles. The summed E-state index contributed by atoms with van der Waals surface area (Å²) >= 11 is 1.67. The molecule has 60 valence electrons. The highest BCUT2D eigenvalue weighted by atomic mass is 32.2. The van der Waals surface area contributed by atoms with Crippen LogP contribution in [0.25, 0.3) is 0 Å². The third kappa shape index (κ3) is 1.87. The standard InChI is InChI=1S/C7H15NOS/c1-10-6(4-9)7(8)5-2-3-5/h5-7,9H,2-4,8H2,1H3. The van der Waals surface area contributed by atoms with Crippen LogP contribution in [-0.4, -0.2) is 29.3 Å². The summed E-state index contributed by atoms with van der Waals surface area (Å²) in [5.41, 5.74) is 5.86. The quantitative estimate of drug-likeness (QED) is 0.629. The molecule has 0 amide bonds. The maximum absolute atomic E-state index is 8.87. The first-order valence-corrected chi connectivity index (χ1v) is 4.97. The van der Waals surface area contributed by atoms with Gasteiger partial charge in [0, 0.05) is 11.3 Å². The van der Waals surface area contributed by atoms with Crippen LogP contribution in [0.5, 0.6) is 0 Å². The van der Waals surface area contributed by atoms with Gasteiger partial charge in [-0.15, -0.1) is 0 Å². The topological polar surface area (TPSA) is 46.2 Å². The van der Waals surface area contributed by atoms with Crippen molar-refractivity contribution in [2.24, 2.45) is 11.7 Å². The summed E-state index contributed by atoms with van der Waals surface area (Å²) in [6.07, 6.45) is 4.53. The van der Waals surface area contributed by atoms with Gasteiger partial charge in [-0.3, -0.25) is 0 Å². The molecule has 3 heteroatoms. The zero-order valence-corrected chi connectivity index (χ0v) is 7.10. The summed E-state index contributed by atoms with van der Waals surface area (Å²) in [6.45, 7) is 0.221. The van der Waals surface area contributed by atoms with Crippen LogP contribution >= 0.6 is 11.8 Å². The minimum absolute atomic E-state index is 0.221. The van der Waals surface area contributed by atoms with Gasteiger partial charge in [0.15, 0.2) is 0 Å². The minimum atomic E-state index is 0.221. The Labute approximate surface area is 66.2 Å². The predicted molar refractivity (Wildman–Crippen MR) is 45.1 cm³/mol. The largest absolute Gasteiger partial charge is 0.395 e. The van der Waals surface area contributed by atoms with Gasteiger partial charge in [-0.1, -0.05) is 0 Å². The molecule has 1 rings (SSSR count). The van der Waals surface area contributed by atoms with E-state index in [-0.39, 0.29) is 17.9 Å². The van der Waals surface area contributed by atoms with Crippen LogP contribution in [0.4, 0.5) is 0 Å². The molecular weight excluding hydrogens is 146 g/mol. The SMILES string of the molecule is CSC(CO)C(N)C1CC1. The Morgan fingerprint density at radius 3 is 2.60 bits per heavy atom. The van der Waals surface area contributed by atoms with Crippen LogP contribution in [0, 0.1) is 5.92 Å². The third-order valence-corrected chi connectivity index (χ3v) is 3.15. The molecule has 2 nitrogen and oxygen atoms in total. The van der Waals surface area contributed by atoms with E-state index < -0.39 is 0 Å². The fourth-order valence-electron chi connectivity index (χ4n) is 1.14. The second-order valence-corrected chi connectivity index (χ2v) is 3.95. The first kappa shape index (κ1) is 8.37. The molecule has 0 bridgehead atoms. The average Bonchev–Trinajstić information content (AvgIpc) is 2.71. The predicted octanol–water partition coefficient (Wildman–Crippen LogP) is 0.448. The van der Waals surface area contributed by atoms with Crippen molar-refractivity contribution in [1.82, 2.24) is 0 Å². The lowest BCUT2D eigenvalue weighted by Crippen LogP contribution is -2.36. The van der Waals surface area contributed by atoms with E-state index in [9.17, 15) is 0 Å². The van der Waals surface area contributed by atoms with Gasteiger partial charge < -0.3 is 10.8 Å². The van der Waals surface area contributed by atoms with Crippen LogP contribution in [0.1, 0.15) is 12.8 Å². The highest BCUT2D eigenvalue weighted by Crippen LogP contribution is 2.35. The van der Waals surface area contributed by atoms with E-state index in [4.69, 9.17) is 10.8 Å². The summed E-state index contributed by atoms with van der Waals surface area (Å²) in [5, 5.41) is 9.13. The summed E-state index contributed by atoms with van der Waals surface area (Å²) < 4.78 is 0. The molecule has 2 unspecified atom stereocenters. The fourth-order valence-corrected chi connectivity index (χ4v) is 1.82. The lowest BCUT2D eigenvalue weighted by atomic mass is 10.1. The molecule has 0 radical (unpaired) electrons. The Bertz CT molecular complexity index is 102. The first-order chi connectivity index (χ1) is 4.79. The van der Waals surface area contributed by atoms with Crippen molar-refractivity contribution in [1.29, 1.82) is 0 Å². The van der Waals surface area contributed by atoms with Crippen LogP contribution in [-0.2, 0) is 0 Å². The maximum Gasteiger partial charge on any atom is 0.0565 e. The molecule has 3 N–H and O–H groups in total. The monoisotopic (exact) mass is 161 g/mol. The van der Waals surface area contributed by atoms with Crippen LogP contribution in [0.3, 0.4) is 0 Å². The van der Waals surface area contributed by atoms with Gasteiger partial charge in [-0.2, -0.15) is 11.8 Å². The Balaban J connectivity index is 2.27. The number of hydrogen-bond donors (Lipinski definition) is 2. The zero-order chi connectivity index (χ0) is 7.56. The molecular formula is C7H15NOS. The molecule has 0 heterocycles. The maximum atomic E-state index is 8.87. The van der Waals surface area contributed by atoms with Gasteiger partial charge in [0.1, 0.15) is 0 Å². The van der Waals surface area contributed by atoms with Crippen LogP contribution in [0.15, 0.2) is 0 Å². The summed E-state index contributed by atoms with van der Waals surface area (Å²) in [7, 11) is 0. The van der Waals surface area contributed by atoms with Crippen molar-refractivity contribution in [2.45, 2.75) is 24.1 Å². The molecule has 1 aliphatic carbocycles. The number of rotatable bonds is 4. The Hall–Kier alpha value is 0.270. The molecule has 0 aromatic rings. The molecule has 1 aliphatic rings. The minimum Gasteiger partial charge on any atom is -0.395 e. The fraction of sp³-hybridized carbons (Fsp3) is 1.00. The zero-order valence-electron chi connectivity index (χ0n) is 6.29. The number of thioether (sulfide) groups is 1. The van der Waals surface area contributed by atoms with Crippen molar-refractivity contribution in [2.75, 3.05) is 12.9 Å². The highest BCUT2D eigenvalue weighted by Gasteiger charge is 2.33. The smallest absolute Gasteiger partial charge is 0.0565 e. The van der Waals surface area contributed by atoms with E-state index in [1.807, 2.05) is 6.26 Å². The Morgan fingerprint density at radius 2 is 2.30 bits per heavy atom. The molecule has 0 spiro atoms. The van der Waals surface area contributed by atoms with Crippen LogP contribution < -0.4 is 5.73 Å². The van der Waals surface area contributed by atoms with E-state index in [0.29, 0.717) is 5.92 Å². The molecule has 0 saturated heterocycles. The van der Waals surface area contributed by atoms with Gasteiger partial charge in [-0.25, -0.2) is 0 Å². The van der Waals surface area contributed by atoms with Crippen LogP contribution in [0.2, 0.25) is 0 Å². The lowest BCUT2D eigenvalue weighted by Gasteiger charge is -2.18. The average molecular weight is 161 g/mol. The summed E-state index contributed by atoms with van der Waals surface area (Å²) in [5.74, 6) is 0.699. The Morgan fingerprint density at radius 1 is 1.70 bits per heavy atom. The number of nitrogens with two attached hydrogens (primary N) is 1. The summed E-state index contributed by atoms with van der Waals surface area (Å²) in [4.78, 5) is 0. The first-order valence-electron chi connectivity index (χ1n) is 3.68.